The fourth-order valence-corrected chi connectivity index (χ4v) is 3.71. The van der Waals surface area contributed by atoms with E-state index in [1.54, 1.807) is 24.5 Å². The quantitative estimate of drug-likeness (QED) is 0.590. The summed E-state index contributed by atoms with van der Waals surface area (Å²) in [5.41, 5.74) is 0.170. The van der Waals surface area contributed by atoms with Crippen molar-refractivity contribution in [3.05, 3.63) is 48.5 Å². The van der Waals surface area contributed by atoms with Crippen LogP contribution in [0.25, 0.3) is 11.6 Å². The molecule has 0 spiro atoms. The van der Waals surface area contributed by atoms with Crippen molar-refractivity contribution in [3.63, 3.8) is 0 Å². The van der Waals surface area contributed by atoms with Crippen LogP contribution in [0.4, 0.5) is 10.1 Å². The van der Waals surface area contributed by atoms with E-state index in [0.29, 0.717) is 23.2 Å². The van der Waals surface area contributed by atoms with Crippen LogP contribution in [0.5, 0.6) is 0 Å². The Morgan fingerprint density at radius 3 is 2.67 bits per heavy atom. The smallest absolute Gasteiger partial charge is 0.238 e. The first-order valence-electron chi connectivity index (χ1n) is 8.72. The van der Waals surface area contributed by atoms with Crippen molar-refractivity contribution in [2.45, 2.75) is 43.6 Å². The van der Waals surface area contributed by atoms with Gasteiger partial charge in [-0.25, -0.2) is 4.39 Å². The average Bonchev–Trinajstić information content (AvgIpc) is 3.30. The Labute approximate surface area is 161 Å². The molecule has 1 amide bonds. The zero-order chi connectivity index (χ0) is 19.4. The molecule has 2 heterocycles. The summed E-state index contributed by atoms with van der Waals surface area (Å²) in [5, 5.41) is 11.3. The number of benzene rings is 1. The summed E-state index contributed by atoms with van der Waals surface area (Å²) in [7, 11) is 0. The van der Waals surface area contributed by atoms with Crippen LogP contribution in [0.15, 0.2) is 52.2 Å². The number of anilines is 1. The van der Waals surface area contributed by atoms with Gasteiger partial charge in [0.25, 0.3) is 0 Å². The van der Waals surface area contributed by atoms with E-state index in [9.17, 15) is 9.18 Å². The van der Waals surface area contributed by atoms with Crippen LogP contribution >= 0.6 is 11.8 Å². The van der Waals surface area contributed by atoms with E-state index in [1.165, 1.54) is 23.9 Å². The van der Waals surface area contributed by atoms with Gasteiger partial charge >= 0.3 is 0 Å². The van der Waals surface area contributed by atoms with Crippen LogP contribution in [0, 0.1) is 5.82 Å². The predicted octanol–water partition coefficient (Wildman–Crippen LogP) is 4.77. The molecule has 1 aromatic carbocycles. The number of nitrogens with one attached hydrogen (secondary N) is 1. The van der Waals surface area contributed by atoms with E-state index >= 15 is 0 Å². The highest BCUT2D eigenvalue weighted by molar-refractivity contribution is 8.00. The molecule has 3 aromatic rings. The van der Waals surface area contributed by atoms with Crippen LogP contribution in [-0.2, 0) is 4.79 Å². The fourth-order valence-electron chi connectivity index (χ4n) is 2.62. The fraction of sp³-hybridized carbons (Fsp3) is 0.316. The number of furan rings is 1. The summed E-state index contributed by atoms with van der Waals surface area (Å²) in [5.74, 6) is 0.496. The molecule has 3 rings (SSSR count). The summed E-state index contributed by atoms with van der Waals surface area (Å²) in [6.45, 7) is 5.93. The molecule has 0 unspecified atom stereocenters. The molecule has 0 saturated carbocycles. The van der Waals surface area contributed by atoms with E-state index in [-0.39, 0.29) is 17.6 Å². The van der Waals surface area contributed by atoms with Gasteiger partial charge in [0.05, 0.1) is 17.2 Å². The summed E-state index contributed by atoms with van der Waals surface area (Å²) in [6.07, 6.45) is 2.14. The maximum absolute atomic E-state index is 13.8. The highest BCUT2D eigenvalue weighted by Crippen LogP contribution is 2.31. The van der Waals surface area contributed by atoms with E-state index in [2.05, 4.69) is 15.5 Å². The molecule has 6 nitrogen and oxygen atoms in total. The summed E-state index contributed by atoms with van der Waals surface area (Å²) < 4.78 is 21.2. The number of nitrogens with zero attached hydrogens (tertiary/aromatic N) is 3. The Bertz CT molecular complexity index is 908. The van der Waals surface area contributed by atoms with Gasteiger partial charge in [0.15, 0.2) is 10.9 Å². The van der Waals surface area contributed by atoms with Crippen molar-refractivity contribution >= 4 is 23.4 Å². The minimum Gasteiger partial charge on any atom is -0.461 e. The van der Waals surface area contributed by atoms with Gasteiger partial charge in [0.2, 0.25) is 11.7 Å². The maximum Gasteiger partial charge on any atom is 0.238 e. The molecule has 0 aliphatic carbocycles. The predicted molar refractivity (Wildman–Crippen MR) is 103 cm³/mol. The molecule has 0 radical (unpaired) electrons. The van der Waals surface area contributed by atoms with Gasteiger partial charge in [-0.15, -0.1) is 10.2 Å². The molecular formula is C19H21FN4O2S. The van der Waals surface area contributed by atoms with Gasteiger partial charge in [-0.3, -0.25) is 9.36 Å². The standard InChI is InChI=1S/C19H21FN4O2S/c1-4-16(18(25)21-14-9-6-5-8-13(14)20)27-19-23-22-17(24(19)12(2)3)15-10-7-11-26-15/h5-12,16H,4H2,1-3H3,(H,21,25)/t16-/m0/s1. The lowest BCUT2D eigenvalue weighted by Crippen LogP contribution is -2.25. The number of para-hydroxylation sites is 1. The Morgan fingerprint density at radius 1 is 1.26 bits per heavy atom. The lowest BCUT2D eigenvalue weighted by atomic mass is 10.2. The van der Waals surface area contributed by atoms with Gasteiger partial charge in [-0.2, -0.15) is 0 Å². The normalized spacial score (nSPS) is 12.3. The second-order valence-corrected chi connectivity index (χ2v) is 7.40. The van der Waals surface area contributed by atoms with Crippen LogP contribution in [0.1, 0.15) is 33.2 Å². The van der Waals surface area contributed by atoms with E-state index < -0.39 is 11.1 Å². The SMILES string of the molecule is CC[C@H](Sc1nnc(-c2ccco2)n1C(C)C)C(=O)Nc1ccccc1F. The molecule has 0 bridgehead atoms. The van der Waals surface area contributed by atoms with Gasteiger partial charge in [0, 0.05) is 6.04 Å². The number of carbonyl (C=O) groups excluding carboxylic acids is 1. The zero-order valence-corrected chi connectivity index (χ0v) is 16.2. The molecule has 1 atom stereocenters. The molecule has 0 fully saturated rings. The average molecular weight is 388 g/mol. The zero-order valence-electron chi connectivity index (χ0n) is 15.3. The van der Waals surface area contributed by atoms with E-state index in [0.717, 1.165) is 0 Å². The van der Waals surface area contributed by atoms with Gasteiger partial charge in [-0.05, 0) is 44.5 Å². The van der Waals surface area contributed by atoms with Crippen LogP contribution in [0.2, 0.25) is 0 Å². The highest BCUT2D eigenvalue weighted by Gasteiger charge is 2.25. The summed E-state index contributed by atoms with van der Waals surface area (Å²) in [6, 6.07) is 9.80. The molecule has 0 aliphatic rings. The third-order valence-electron chi connectivity index (χ3n) is 3.97. The number of rotatable bonds is 7. The largest absolute Gasteiger partial charge is 0.461 e. The maximum atomic E-state index is 13.8. The van der Waals surface area contributed by atoms with Crippen molar-refractivity contribution < 1.29 is 13.6 Å². The summed E-state index contributed by atoms with van der Waals surface area (Å²) >= 11 is 1.31. The third kappa shape index (κ3) is 4.21. The number of thioether (sulfide) groups is 1. The van der Waals surface area contributed by atoms with Gasteiger partial charge in [0.1, 0.15) is 5.82 Å². The number of halogens is 1. The van der Waals surface area contributed by atoms with Crippen LogP contribution in [0.3, 0.4) is 0 Å². The minimum absolute atomic E-state index is 0.0785. The molecule has 1 N–H and O–H groups in total. The highest BCUT2D eigenvalue weighted by atomic mass is 32.2. The minimum atomic E-state index is -0.462. The van der Waals surface area contributed by atoms with Crippen molar-refractivity contribution in [1.29, 1.82) is 0 Å². The van der Waals surface area contributed by atoms with Crippen LogP contribution < -0.4 is 5.32 Å². The van der Waals surface area contributed by atoms with Gasteiger partial charge in [-0.1, -0.05) is 30.8 Å². The Kier molecular flexibility index (Phi) is 5.95. The molecule has 0 saturated heterocycles. The monoisotopic (exact) mass is 388 g/mol. The second-order valence-electron chi connectivity index (χ2n) is 6.23. The van der Waals surface area contributed by atoms with Crippen LogP contribution in [-0.4, -0.2) is 25.9 Å². The molecule has 0 aliphatic heterocycles. The molecule has 2 aromatic heterocycles. The van der Waals surface area contributed by atoms with Crippen molar-refractivity contribution in [2.24, 2.45) is 0 Å². The Balaban J connectivity index is 1.82. The Morgan fingerprint density at radius 2 is 2.04 bits per heavy atom. The van der Waals surface area contributed by atoms with Crippen molar-refractivity contribution in [2.75, 3.05) is 5.32 Å². The van der Waals surface area contributed by atoms with Crippen molar-refractivity contribution in [3.8, 4) is 11.6 Å². The molecule has 142 valence electrons. The lowest BCUT2D eigenvalue weighted by molar-refractivity contribution is -0.115. The first kappa shape index (κ1) is 19.2. The van der Waals surface area contributed by atoms with E-state index in [4.69, 9.17) is 4.42 Å². The number of hydrogen-bond acceptors (Lipinski definition) is 5. The second kappa shape index (κ2) is 8.39. The molecule has 8 heteroatoms. The summed E-state index contributed by atoms with van der Waals surface area (Å²) in [4.78, 5) is 12.6. The first-order valence-corrected chi connectivity index (χ1v) is 9.60. The number of carbonyl (C=O) groups is 1. The van der Waals surface area contributed by atoms with Gasteiger partial charge < -0.3 is 9.73 Å². The topological polar surface area (TPSA) is 73.0 Å². The first-order chi connectivity index (χ1) is 13.0. The van der Waals surface area contributed by atoms with Crippen molar-refractivity contribution in [1.82, 2.24) is 14.8 Å². The third-order valence-corrected chi connectivity index (χ3v) is 5.29. The molecule has 27 heavy (non-hydrogen) atoms. The molecular weight excluding hydrogens is 367 g/mol. The van der Waals surface area contributed by atoms with E-state index in [1.807, 2.05) is 31.4 Å². The lowest BCUT2D eigenvalue weighted by Gasteiger charge is -2.17. The number of aromatic nitrogens is 3. The number of amides is 1. The Hall–Kier alpha value is -2.61. The number of hydrogen-bond donors (Lipinski definition) is 1.